The van der Waals surface area contributed by atoms with Crippen molar-refractivity contribution in [3.63, 3.8) is 0 Å². The van der Waals surface area contributed by atoms with Gasteiger partial charge in [-0.05, 0) is 35.7 Å². The average Bonchev–Trinajstić information content (AvgIpc) is 2.80. The van der Waals surface area contributed by atoms with Gasteiger partial charge < -0.3 is 11.1 Å². The van der Waals surface area contributed by atoms with Gasteiger partial charge in [-0.1, -0.05) is 30.4 Å². The molecule has 0 fully saturated rings. The molecule has 3 nitrogen and oxygen atoms in total. The fourth-order valence-corrected chi connectivity index (χ4v) is 2.82. The zero-order valence-electron chi connectivity index (χ0n) is 11.1. The Labute approximate surface area is 117 Å². The molecule has 0 spiro atoms. The van der Waals surface area contributed by atoms with Crippen LogP contribution in [0.1, 0.15) is 12.5 Å². The Morgan fingerprint density at radius 2 is 2.21 bits per heavy atom. The van der Waals surface area contributed by atoms with E-state index in [4.69, 9.17) is 5.73 Å². The molecule has 0 bridgehead atoms. The number of benzene rings is 1. The molecule has 0 saturated heterocycles. The molecule has 1 aromatic heterocycles. The predicted octanol–water partition coefficient (Wildman–Crippen LogP) is 2.92. The molecular weight excluding hydrogens is 254 g/mol. The van der Waals surface area contributed by atoms with Gasteiger partial charge in [-0.3, -0.25) is 0 Å². The van der Waals surface area contributed by atoms with E-state index in [1.54, 1.807) is 11.3 Å². The lowest BCUT2D eigenvalue weighted by atomic mass is 10.1. The summed E-state index contributed by atoms with van der Waals surface area (Å²) in [6.45, 7) is 7.11. The van der Waals surface area contributed by atoms with Crippen LogP contribution in [0.15, 0.2) is 46.8 Å². The first-order chi connectivity index (χ1) is 9.16. The number of rotatable bonds is 5. The Bertz CT molecular complexity index is 598. The second-order valence-electron chi connectivity index (χ2n) is 4.59. The Kier molecular flexibility index (Phi) is 4.58. The monoisotopic (exact) mass is 273 g/mol. The lowest BCUT2D eigenvalue weighted by molar-refractivity contribution is 0.858. The normalized spacial score (nSPS) is 11.7. The van der Waals surface area contributed by atoms with E-state index in [0.29, 0.717) is 12.5 Å². The second kappa shape index (κ2) is 6.38. The Balaban J connectivity index is 1.89. The largest absolute Gasteiger partial charge is 0.370 e. The first kappa shape index (κ1) is 13.6. The van der Waals surface area contributed by atoms with E-state index in [1.165, 1.54) is 15.6 Å². The number of nitrogens with one attached hydrogen (secondary N) is 1. The summed E-state index contributed by atoms with van der Waals surface area (Å²) in [6, 6.07) is 8.47. The van der Waals surface area contributed by atoms with Gasteiger partial charge in [0.05, 0.1) is 6.54 Å². The predicted molar refractivity (Wildman–Crippen MR) is 84.8 cm³/mol. The highest BCUT2D eigenvalue weighted by Gasteiger charge is 2.02. The summed E-state index contributed by atoms with van der Waals surface area (Å²) in [5.41, 5.74) is 8.14. The molecule has 3 N–H and O–H groups in total. The van der Waals surface area contributed by atoms with Gasteiger partial charge in [0, 0.05) is 11.2 Å². The van der Waals surface area contributed by atoms with Crippen LogP contribution in [-0.2, 0) is 6.42 Å². The van der Waals surface area contributed by atoms with Gasteiger partial charge in [0.2, 0.25) is 0 Å². The van der Waals surface area contributed by atoms with Crippen molar-refractivity contribution in [2.45, 2.75) is 13.3 Å². The standard InChI is InChI=1S/C15H19N3S/c1-11(2)9-18-15(16)17-8-7-12-10-19-14-6-4-3-5-13(12)14/h3-6,10H,1,7-9H2,2H3,(H3,16,17,18). The van der Waals surface area contributed by atoms with Gasteiger partial charge in [-0.2, -0.15) is 0 Å². The van der Waals surface area contributed by atoms with E-state index in [-0.39, 0.29) is 0 Å². The van der Waals surface area contributed by atoms with Crippen LogP contribution in [0.2, 0.25) is 0 Å². The maximum atomic E-state index is 5.77. The summed E-state index contributed by atoms with van der Waals surface area (Å²) in [5.74, 6) is 0.488. The Morgan fingerprint density at radius 1 is 1.42 bits per heavy atom. The third kappa shape index (κ3) is 3.83. The molecule has 0 radical (unpaired) electrons. The average molecular weight is 273 g/mol. The minimum Gasteiger partial charge on any atom is -0.370 e. The number of nitrogens with two attached hydrogens (primary N) is 1. The van der Waals surface area contributed by atoms with E-state index in [9.17, 15) is 0 Å². The highest BCUT2D eigenvalue weighted by molar-refractivity contribution is 7.17. The molecule has 0 unspecified atom stereocenters. The number of guanidine groups is 1. The molecule has 0 saturated carbocycles. The first-order valence-electron chi connectivity index (χ1n) is 6.30. The SMILES string of the molecule is C=C(C)CN=C(N)NCCc1csc2ccccc12. The Hall–Kier alpha value is -1.81. The van der Waals surface area contributed by atoms with Crippen molar-refractivity contribution in [2.24, 2.45) is 10.7 Å². The van der Waals surface area contributed by atoms with Crippen LogP contribution in [0.25, 0.3) is 10.1 Å². The maximum Gasteiger partial charge on any atom is 0.188 e. The van der Waals surface area contributed by atoms with Crippen molar-refractivity contribution in [1.82, 2.24) is 5.32 Å². The smallest absolute Gasteiger partial charge is 0.188 e. The van der Waals surface area contributed by atoms with Crippen molar-refractivity contribution in [2.75, 3.05) is 13.1 Å². The summed E-state index contributed by atoms with van der Waals surface area (Å²) in [6.07, 6.45) is 0.952. The van der Waals surface area contributed by atoms with Crippen LogP contribution in [0.5, 0.6) is 0 Å². The lowest BCUT2D eigenvalue weighted by Gasteiger charge is -2.05. The topological polar surface area (TPSA) is 50.4 Å². The van der Waals surface area contributed by atoms with Crippen LogP contribution in [0.4, 0.5) is 0 Å². The number of hydrogen-bond donors (Lipinski definition) is 2. The Morgan fingerprint density at radius 3 is 3.00 bits per heavy atom. The van der Waals surface area contributed by atoms with Gasteiger partial charge >= 0.3 is 0 Å². The van der Waals surface area contributed by atoms with Gasteiger partial charge in [0.1, 0.15) is 0 Å². The van der Waals surface area contributed by atoms with Gasteiger partial charge in [-0.15, -0.1) is 11.3 Å². The minimum atomic E-state index is 0.488. The van der Waals surface area contributed by atoms with Crippen LogP contribution >= 0.6 is 11.3 Å². The third-order valence-electron chi connectivity index (χ3n) is 2.78. The quantitative estimate of drug-likeness (QED) is 0.500. The second-order valence-corrected chi connectivity index (χ2v) is 5.50. The molecule has 2 rings (SSSR count). The van der Waals surface area contributed by atoms with Crippen LogP contribution in [-0.4, -0.2) is 19.0 Å². The number of fused-ring (bicyclic) bond motifs is 1. The number of hydrogen-bond acceptors (Lipinski definition) is 2. The van der Waals surface area contributed by atoms with E-state index in [1.807, 2.05) is 6.92 Å². The molecule has 1 aromatic carbocycles. The zero-order valence-corrected chi connectivity index (χ0v) is 12.0. The van der Waals surface area contributed by atoms with Crippen LogP contribution in [0, 0.1) is 0 Å². The summed E-state index contributed by atoms with van der Waals surface area (Å²) in [7, 11) is 0. The van der Waals surface area contributed by atoms with Crippen molar-refractivity contribution in [1.29, 1.82) is 0 Å². The summed E-state index contributed by atoms with van der Waals surface area (Å²) >= 11 is 1.79. The highest BCUT2D eigenvalue weighted by atomic mass is 32.1. The fourth-order valence-electron chi connectivity index (χ4n) is 1.83. The number of thiophene rings is 1. The van der Waals surface area contributed by atoms with E-state index in [0.717, 1.165) is 18.5 Å². The van der Waals surface area contributed by atoms with Crippen molar-refractivity contribution < 1.29 is 0 Å². The maximum absolute atomic E-state index is 5.77. The van der Waals surface area contributed by atoms with Crippen molar-refractivity contribution >= 4 is 27.4 Å². The van der Waals surface area contributed by atoms with E-state index in [2.05, 4.69) is 46.5 Å². The van der Waals surface area contributed by atoms with Crippen molar-refractivity contribution in [3.05, 3.63) is 47.4 Å². The molecule has 0 aliphatic heterocycles. The van der Waals surface area contributed by atoms with Crippen molar-refractivity contribution in [3.8, 4) is 0 Å². The number of nitrogens with zero attached hydrogens (tertiary/aromatic N) is 1. The molecule has 0 atom stereocenters. The summed E-state index contributed by atoms with van der Waals surface area (Å²) in [5, 5.41) is 6.69. The lowest BCUT2D eigenvalue weighted by Crippen LogP contribution is -2.33. The van der Waals surface area contributed by atoms with Gasteiger partial charge in [0.25, 0.3) is 0 Å². The molecule has 4 heteroatoms. The third-order valence-corrected chi connectivity index (χ3v) is 3.79. The molecule has 0 amide bonds. The molecule has 19 heavy (non-hydrogen) atoms. The molecule has 100 valence electrons. The van der Waals surface area contributed by atoms with Gasteiger partial charge in [-0.25, -0.2) is 4.99 Å². The highest BCUT2D eigenvalue weighted by Crippen LogP contribution is 2.25. The molecular formula is C15H19N3S. The molecule has 2 aromatic rings. The molecule has 0 aliphatic rings. The first-order valence-corrected chi connectivity index (χ1v) is 7.18. The van der Waals surface area contributed by atoms with Crippen LogP contribution in [0.3, 0.4) is 0 Å². The van der Waals surface area contributed by atoms with Crippen LogP contribution < -0.4 is 11.1 Å². The molecule has 0 aliphatic carbocycles. The summed E-state index contributed by atoms with van der Waals surface area (Å²) < 4.78 is 1.33. The number of aliphatic imine (C=N–C) groups is 1. The van der Waals surface area contributed by atoms with E-state index < -0.39 is 0 Å². The zero-order chi connectivity index (χ0) is 13.7. The fraction of sp³-hybridized carbons (Fsp3) is 0.267. The molecule has 1 heterocycles. The van der Waals surface area contributed by atoms with Gasteiger partial charge in [0.15, 0.2) is 5.96 Å². The summed E-state index contributed by atoms with van der Waals surface area (Å²) in [4.78, 5) is 4.19. The minimum absolute atomic E-state index is 0.488. The van der Waals surface area contributed by atoms with E-state index >= 15 is 0 Å².